The van der Waals surface area contributed by atoms with Crippen LogP contribution >= 0.6 is 11.8 Å². The first-order valence-corrected chi connectivity index (χ1v) is 7.66. The number of carbonyl (C=O) groups is 1. The molecule has 0 aromatic carbocycles. The highest BCUT2D eigenvalue weighted by atomic mass is 32.2. The maximum Gasteiger partial charge on any atom is 0.256 e. The lowest BCUT2D eigenvalue weighted by atomic mass is 9.97. The van der Waals surface area contributed by atoms with Gasteiger partial charge >= 0.3 is 0 Å². The van der Waals surface area contributed by atoms with Gasteiger partial charge in [-0.15, -0.1) is 0 Å². The Morgan fingerprint density at radius 1 is 1.60 bits per heavy atom. The molecule has 1 aliphatic carbocycles. The van der Waals surface area contributed by atoms with Crippen molar-refractivity contribution in [1.82, 2.24) is 10.3 Å². The summed E-state index contributed by atoms with van der Waals surface area (Å²) in [5.74, 6) is 1.24. The van der Waals surface area contributed by atoms with E-state index >= 15 is 0 Å². The van der Waals surface area contributed by atoms with Crippen molar-refractivity contribution < 1.29 is 9.21 Å². The fraction of sp³-hybridized carbons (Fsp3) is 0.467. The highest BCUT2D eigenvalue weighted by molar-refractivity contribution is 7.99. The number of nitrogens with zero attached hydrogens (tertiary/aromatic N) is 1. The van der Waals surface area contributed by atoms with Crippen LogP contribution in [0.3, 0.4) is 0 Å². The van der Waals surface area contributed by atoms with Crippen molar-refractivity contribution in [3.63, 3.8) is 0 Å². The number of oxazole rings is 1. The van der Waals surface area contributed by atoms with Gasteiger partial charge in [-0.1, -0.05) is 43.0 Å². The third-order valence-corrected chi connectivity index (χ3v) is 4.13. The van der Waals surface area contributed by atoms with Gasteiger partial charge < -0.3 is 9.73 Å². The highest BCUT2D eigenvalue weighted by Crippen LogP contribution is 2.32. The lowest BCUT2D eigenvalue weighted by Gasteiger charge is -2.10. The minimum atomic E-state index is 0.0360. The fourth-order valence-corrected chi connectivity index (χ4v) is 3.04. The number of nitrogens with one attached hydrogen (secondary N) is 1. The Morgan fingerprint density at radius 3 is 3.05 bits per heavy atom. The second-order valence-corrected chi connectivity index (χ2v) is 6.28. The molecule has 20 heavy (non-hydrogen) atoms. The summed E-state index contributed by atoms with van der Waals surface area (Å²) in [6, 6.07) is 0. The molecule has 0 radical (unpaired) electrons. The van der Waals surface area contributed by atoms with Crippen LogP contribution in [0.2, 0.25) is 0 Å². The first-order valence-electron chi connectivity index (χ1n) is 6.78. The zero-order chi connectivity index (χ0) is 14.5. The summed E-state index contributed by atoms with van der Waals surface area (Å²) in [6.07, 6.45) is 9.76. The molecule has 0 saturated heterocycles. The molecule has 1 N–H and O–H groups in total. The molecule has 4 nitrogen and oxygen atoms in total. The van der Waals surface area contributed by atoms with E-state index in [0.717, 1.165) is 17.9 Å². The summed E-state index contributed by atoms with van der Waals surface area (Å²) < 4.78 is 5.87. The van der Waals surface area contributed by atoms with Gasteiger partial charge in [-0.2, -0.15) is 0 Å². The number of rotatable bonds is 5. The van der Waals surface area contributed by atoms with Crippen molar-refractivity contribution in [3.05, 3.63) is 35.8 Å². The lowest BCUT2D eigenvalue weighted by molar-refractivity contribution is -0.120. The number of amides is 1. The van der Waals surface area contributed by atoms with Crippen molar-refractivity contribution in [2.45, 2.75) is 43.1 Å². The molecule has 1 aromatic rings. The summed E-state index contributed by atoms with van der Waals surface area (Å²) in [5, 5.41) is 3.42. The fourth-order valence-electron chi connectivity index (χ4n) is 2.13. The molecule has 0 aliphatic heterocycles. The molecule has 2 unspecified atom stereocenters. The number of hydrogen-bond donors (Lipinski definition) is 1. The van der Waals surface area contributed by atoms with E-state index < -0.39 is 0 Å². The molecule has 0 fully saturated rings. The van der Waals surface area contributed by atoms with Crippen molar-refractivity contribution in [1.29, 1.82) is 0 Å². The van der Waals surface area contributed by atoms with Crippen LogP contribution in [0.5, 0.6) is 0 Å². The van der Waals surface area contributed by atoms with Crippen LogP contribution in [0.15, 0.2) is 33.9 Å². The first-order chi connectivity index (χ1) is 9.60. The average molecular weight is 292 g/mol. The maximum absolute atomic E-state index is 11.3. The molecule has 5 heteroatoms. The Bertz CT molecular complexity index is 534. The number of aromatic nitrogens is 1. The van der Waals surface area contributed by atoms with Crippen LogP contribution < -0.4 is 5.32 Å². The van der Waals surface area contributed by atoms with Gasteiger partial charge in [-0.3, -0.25) is 4.79 Å². The predicted octanol–water partition coefficient (Wildman–Crippen LogP) is 3.20. The summed E-state index contributed by atoms with van der Waals surface area (Å²) in [4.78, 5) is 15.8. The molecule has 108 valence electrons. The van der Waals surface area contributed by atoms with Crippen LogP contribution in [0, 0.1) is 6.92 Å². The van der Waals surface area contributed by atoms with Crippen LogP contribution in [0.4, 0.5) is 0 Å². The summed E-state index contributed by atoms with van der Waals surface area (Å²) in [7, 11) is 1.65. The topological polar surface area (TPSA) is 55.1 Å². The van der Waals surface area contributed by atoms with Crippen molar-refractivity contribution in [3.8, 4) is 0 Å². The Balaban J connectivity index is 2.02. The van der Waals surface area contributed by atoms with E-state index in [4.69, 9.17) is 4.42 Å². The number of thioether (sulfide) groups is 1. The molecule has 1 aliphatic rings. The van der Waals surface area contributed by atoms with Crippen LogP contribution in [0.1, 0.15) is 37.1 Å². The number of allylic oxidation sites excluding steroid dienone is 4. The molecular weight excluding hydrogens is 272 g/mol. The molecule has 2 rings (SSSR count). The van der Waals surface area contributed by atoms with Crippen molar-refractivity contribution in [2.75, 3.05) is 7.05 Å². The van der Waals surface area contributed by atoms with E-state index in [1.165, 1.54) is 11.8 Å². The lowest BCUT2D eigenvalue weighted by Crippen LogP contribution is -2.21. The highest BCUT2D eigenvalue weighted by Gasteiger charge is 2.20. The summed E-state index contributed by atoms with van der Waals surface area (Å²) >= 11 is 1.51. The van der Waals surface area contributed by atoms with Gasteiger partial charge in [-0.25, -0.2) is 4.98 Å². The third-order valence-electron chi connectivity index (χ3n) is 3.18. The Labute approximate surface area is 123 Å². The Kier molecular flexibility index (Phi) is 5.06. The van der Waals surface area contributed by atoms with Crippen LogP contribution in [0.25, 0.3) is 0 Å². The molecule has 2 atom stereocenters. The Hall–Kier alpha value is -1.49. The monoisotopic (exact) mass is 292 g/mol. The number of hydrogen-bond acceptors (Lipinski definition) is 4. The Morgan fingerprint density at radius 2 is 2.40 bits per heavy atom. The van der Waals surface area contributed by atoms with Gasteiger partial charge in [0.2, 0.25) is 5.91 Å². The zero-order valence-corrected chi connectivity index (χ0v) is 12.9. The molecule has 1 aromatic heterocycles. The van der Waals surface area contributed by atoms with Crippen molar-refractivity contribution >= 4 is 17.7 Å². The van der Waals surface area contributed by atoms with Gasteiger partial charge in [0, 0.05) is 24.6 Å². The quantitative estimate of drug-likeness (QED) is 0.847. The summed E-state index contributed by atoms with van der Waals surface area (Å²) in [6.45, 7) is 3.97. The minimum absolute atomic E-state index is 0.0360. The largest absolute Gasteiger partial charge is 0.436 e. The normalized spacial score (nSPS) is 19.1. The molecular formula is C15H20N2O2S. The van der Waals surface area contributed by atoms with Crippen molar-refractivity contribution in [2.24, 2.45) is 0 Å². The van der Waals surface area contributed by atoms with E-state index in [2.05, 4.69) is 22.5 Å². The van der Waals surface area contributed by atoms with Gasteiger partial charge in [0.25, 0.3) is 5.22 Å². The first kappa shape index (κ1) is 14.9. The predicted molar refractivity (Wildman–Crippen MR) is 80.9 cm³/mol. The van der Waals surface area contributed by atoms with E-state index in [9.17, 15) is 4.79 Å². The number of carbonyl (C=O) groups excluding carboxylic acids is 1. The maximum atomic E-state index is 11.3. The second kappa shape index (κ2) is 6.79. The van der Waals surface area contributed by atoms with Gasteiger partial charge in [0.05, 0.1) is 5.69 Å². The standard InChI is InChI=1S/C15H20N2O2S/c1-10(9-13(18)16-3)20-15-17-11(2)14(19-15)12-7-5-4-6-8-12/h4-7,10,12H,8-9H2,1-3H3,(H,16,18). The smallest absolute Gasteiger partial charge is 0.256 e. The molecule has 1 heterocycles. The van der Waals surface area contributed by atoms with Gasteiger partial charge in [-0.05, 0) is 13.3 Å². The second-order valence-electron chi connectivity index (χ2n) is 4.89. The molecule has 0 bridgehead atoms. The summed E-state index contributed by atoms with van der Waals surface area (Å²) in [5.41, 5.74) is 0.935. The van der Waals surface area contributed by atoms with E-state index in [0.29, 0.717) is 11.6 Å². The van der Waals surface area contributed by atoms with Gasteiger partial charge in [0.1, 0.15) is 5.76 Å². The minimum Gasteiger partial charge on any atom is -0.436 e. The molecule has 1 amide bonds. The SMILES string of the molecule is CNC(=O)CC(C)Sc1nc(C)c(C2C=CC=CC2)o1. The van der Waals surface area contributed by atoms with Gasteiger partial charge in [0.15, 0.2) is 0 Å². The third kappa shape index (κ3) is 3.76. The average Bonchev–Trinajstić information content (AvgIpc) is 2.80. The zero-order valence-electron chi connectivity index (χ0n) is 12.1. The van der Waals surface area contributed by atoms with Crippen LogP contribution in [-0.4, -0.2) is 23.2 Å². The number of aryl methyl sites for hydroxylation is 1. The van der Waals surface area contributed by atoms with E-state index in [1.807, 2.05) is 26.0 Å². The van der Waals surface area contributed by atoms with E-state index in [-0.39, 0.29) is 17.1 Å². The molecule has 0 saturated carbocycles. The van der Waals surface area contributed by atoms with Crippen LogP contribution in [-0.2, 0) is 4.79 Å². The van der Waals surface area contributed by atoms with E-state index in [1.54, 1.807) is 7.05 Å². The molecule has 0 spiro atoms.